The van der Waals surface area contributed by atoms with Gasteiger partial charge in [-0.05, 0) is 0 Å². The number of nitrogen functional groups attached to an aromatic ring is 1. The molecule has 328 valence electrons. The zero-order valence-corrected chi connectivity index (χ0v) is 35.4. The second kappa shape index (κ2) is 19.6. The molecule has 27 heteroatoms. The van der Waals surface area contributed by atoms with Crippen LogP contribution in [-0.4, -0.2) is 118 Å². The van der Waals surface area contributed by atoms with Gasteiger partial charge in [-0.3, -0.25) is 27.7 Å². The predicted molar refractivity (Wildman–Crippen MR) is 214 cm³/mol. The molecule has 3 heterocycles. The van der Waals surface area contributed by atoms with E-state index >= 15 is 0 Å². The molecule has 1 fully saturated rings. The summed E-state index contributed by atoms with van der Waals surface area (Å²) < 4.78 is 64.1. The third-order valence-electron chi connectivity index (χ3n) is 8.74. The second-order valence-corrected chi connectivity index (χ2v) is 18.5. The summed E-state index contributed by atoms with van der Waals surface area (Å²) in [5.41, 5.74) is 5.80. The minimum atomic E-state index is -5.63. The molecule has 0 radical (unpaired) electrons. The zero-order chi connectivity index (χ0) is 44.0. The van der Waals surface area contributed by atoms with E-state index in [1.54, 1.807) is 60.7 Å². The van der Waals surface area contributed by atoms with Gasteiger partial charge in [0.1, 0.15) is 30.2 Å². The number of nitrogens with zero attached hydrogens (tertiary/aromatic N) is 4. The number of aliphatic hydroxyl groups excluding tert-OH is 2. The van der Waals surface area contributed by atoms with Crippen molar-refractivity contribution < 1.29 is 75.7 Å². The molecule has 0 aliphatic carbocycles. The molecule has 10 N–H and O–H groups in total. The number of phosphoric ester groups is 3. The number of benzene rings is 2. The topological polar surface area (TPSA) is 347 Å². The lowest BCUT2D eigenvalue weighted by Crippen LogP contribution is -2.46. The summed E-state index contributed by atoms with van der Waals surface area (Å²) in [7, 11) is -16.6. The summed E-state index contributed by atoms with van der Waals surface area (Å²) in [4.78, 5) is 78.1. The molecule has 0 bridgehead atoms. The normalized spacial score (nSPS) is 20.9. The number of ether oxygens (including phenoxy) is 1. The van der Waals surface area contributed by atoms with Gasteiger partial charge in [0.2, 0.25) is 11.8 Å². The Kier molecular flexibility index (Phi) is 15.5. The van der Waals surface area contributed by atoms with Gasteiger partial charge in [0.15, 0.2) is 29.0 Å². The quantitative estimate of drug-likeness (QED) is 0.0445. The monoisotopic (exact) mass is 919 g/mol. The van der Waals surface area contributed by atoms with E-state index in [1.807, 2.05) is 0 Å². The molecular formula is C33H44N7O16P3S. The number of aliphatic hydroxyl groups is 2. The van der Waals surface area contributed by atoms with Crippen LogP contribution < -0.4 is 16.4 Å². The van der Waals surface area contributed by atoms with Gasteiger partial charge in [-0.1, -0.05) is 74.5 Å². The highest BCUT2D eigenvalue weighted by atomic mass is 32.1. The van der Waals surface area contributed by atoms with Crippen molar-refractivity contribution >= 4 is 64.9 Å². The van der Waals surface area contributed by atoms with Gasteiger partial charge < -0.3 is 50.9 Å². The summed E-state index contributed by atoms with van der Waals surface area (Å²) in [5.74, 6) is -0.745. The van der Waals surface area contributed by atoms with Crippen LogP contribution in [0.1, 0.15) is 26.5 Å². The third kappa shape index (κ3) is 12.2. The van der Waals surface area contributed by atoms with Gasteiger partial charge in [0.25, 0.3) is 0 Å². The van der Waals surface area contributed by atoms with Gasteiger partial charge in [0.05, 0.1) is 13.2 Å². The Morgan fingerprint density at radius 2 is 1.55 bits per heavy atom. The number of rotatable bonds is 20. The van der Waals surface area contributed by atoms with Crippen LogP contribution in [0.4, 0.5) is 5.82 Å². The van der Waals surface area contributed by atoms with Crippen molar-refractivity contribution in [1.29, 1.82) is 0 Å². The van der Waals surface area contributed by atoms with E-state index in [0.717, 1.165) is 0 Å². The van der Waals surface area contributed by atoms with E-state index in [9.17, 15) is 53.1 Å². The van der Waals surface area contributed by atoms with Crippen LogP contribution in [0.5, 0.6) is 0 Å². The lowest BCUT2D eigenvalue weighted by Gasteiger charge is -2.30. The van der Waals surface area contributed by atoms with E-state index in [4.69, 9.17) is 24.0 Å². The van der Waals surface area contributed by atoms with Crippen LogP contribution in [0, 0.1) is 5.41 Å². The predicted octanol–water partition coefficient (Wildman–Crippen LogP) is 1.67. The molecule has 2 aromatic heterocycles. The highest BCUT2D eigenvalue weighted by Crippen LogP contribution is 2.61. The van der Waals surface area contributed by atoms with E-state index in [0.29, 0.717) is 23.4 Å². The van der Waals surface area contributed by atoms with Crippen LogP contribution in [0.2, 0.25) is 0 Å². The first-order valence-electron chi connectivity index (χ1n) is 17.8. The first-order valence-corrected chi connectivity index (χ1v) is 23.0. The van der Waals surface area contributed by atoms with Crippen molar-refractivity contribution in [2.75, 3.05) is 37.8 Å². The Bertz CT molecular complexity index is 2290. The molecule has 2 amide bonds. The standard InChI is InChI=1S/C33H44N7O16P3S/c1-33(2,26(43)31(44)36-14-13-22(41)35-15-16-60)18-53-59(50,51)56-58(48,49)52-17-21-25(55-57(45,46)47)24(42)32(54-21)40-29(20-11-7-4-8-12-20)37-23-27(34)38-28(39-30(23)40)19-9-5-3-6-10-19/h3-12,21,24-26,32,42-43,60H,13-18H2,1-2H3,(H,35,41)(H,36,44)(H,48,49)(H,50,51)(H2,34,38,39)(H2,45,46,47)/t21-,24-,25-,26+,32-/m1/s1. The van der Waals surface area contributed by atoms with Gasteiger partial charge in [-0.2, -0.15) is 16.9 Å². The molecule has 7 atom stereocenters. The molecule has 23 nitrogen and oxygen atoms in total. The van der Waals surface area contributed by atoms with E-state index in [2.05, 4.69) is 42.5 Å². The summed E-state index contributed by atoms with van der Waals surface area (Å²) in [6.07, 6.45) is -9.38. The van der Waals surface area contributed by atoms with Crippen LogP contribution in [0.3, 0.4) is 0 Å². The van der Waals surface area contributed by atoms with Crippen LogP contribution >= 0.6 is 36.1 Å². The second-order valence-electron chi connectivity index (χ2n) is 13.9. The SMILES string of the molecule is CC(C)(COP(=O)(O)OP(=O)(O)OC[C@H]1O[C@@H](n2c(-c3ccccc3)nc3c(N)nc(-c4ccccc4)nc32)[C@H](O)[C@@H]1OP(=O)(O)O)[C@@H](O)C(=O)NCCC(=O)NCCS. The highest BCUT2D eigenvalue weighted by molar-refractivity contribution is 7.80. The first-order chi connectivity index (χ1) is 28.1. The Balaban J connectivity index is 1.33. The number of fused-ring (bicyclic) bond motifs is 1. The third-order valence-corrected chi connectivity index (χ3v) is 12.1. The Morgan fingerprint density at radius 3 is 2.17 bits per heavy atom. The van der Waals surface area contributed by atoms with Crippen molar-refractivity contribution in [1.82, 2.24) is 30.2 Å². The lowest BCUT2D eigenvalue weighted by molar-refractivity contribution is -0.137. The number of nitrogens with one attached hydrogen (secondary N) is 2. The molecule has 0 spiro atoms. The summed E-state index contributed by atoms with van der Waals surface area (Å²) in [6, 6.07) is 17.1. The van der Waals surface area contributed by atoms with E-state index in [-0.39, 0.29) is 47.5 Å². The number of hydrogen-bond acceptors (Lipinski definition) is 17. The average molecular weight is 920 g/mol. The van der Waals surface area contributed by atoms with Crippen LogP contribution in [0.25, 0.3) is 33.9 Å². The maximum Gasteiger partial charge on any atom is 0.481 e. The number of imidazole rings is 1. The molecule has 2 unspecified atom stereocenters. The number of hydrogen-bond donors (Lipinski definition) is 10. The molecule has 1 aliphatic rings. The summed E-state index contributed by atoms with van der Waals surface area (Å²) in [6.45, 7) is 0.653. The van der Waals surface area contributed by atoms with Gasteiger partial charge in [-0.15, -0.1) is 0 Å². The number of anilines is 1. The van der Waals surface area contributed by atoms with Crippen molar-refractivity contribution in [2.24, 2.45) is 5.41 Å². The number of amides is 2. The molecule has 2 aromatic carbocycles. The van der Waals surface area contributed by atoms with E-state index in [1.165, 1.54) is 18.4 Å². The number of carbonyl (C=O) groups is 2. The van der Waals surface area contributed by atoms with Crippen molar-refractivity contribution in [3.8, 4) is 22.8 Å². The molecule has 1 aliphatic heterocycles. The lowest BCUT2D eigenvalue weighted by atomic mass is 9.87. The fourth-order valence-electron chi connectivity index (χ4n) is 5.81. The highest BCUT2D eigenvalue weighted by Gasteiger charge is 2.51. The Morgan fingerprint density at radius 1 is 0.933 bits per heavy atom. The summed E-state index contributed by atoms with van der Waals surface area (Å²) >= 11 is 3.97. The number of carbonyl (C=O) groups excluding carboxylic acids is 2. The molecule has 5 rings (SSSR count). The van der Waals surface area contributed by atoms with Gasteiger partial charge >= 0.3 is 23.5 Å². The maximum absolute atomic E-state index is 13.0. The van der Waals surface area contributed by atoms with Crippen molar-refractivity contribution in [3.63, 3.8) is 0 Å². The minimum absolute atomic E-state index is 0.00752. The van der Waals surface area contributed by atoms with Gasteiger partial charge in [0, 0.05) is 41.8 Å². The number of aromatic nitrogens is 4. The smallest absolute Gasteiger partial charge is 0.386 e. The molecule has 4 aromatic rings. The Hall–Kier alpha value is -3.67. The van der Waals surface area contributed by atoms with E-state index < -0.39 is 78.6 Å². The minimum Gasteiger partial charge on any atom is -0.386 e. The number of thiol groups is 1. The molecule has 0 saturated carbocycles. The first kappa shape index (κ1) is 47.4. The maximum atomic E-state index is 13.0. The van der Waals surface area contributed by atoms with Crippen molar-refractivity contribution in [3.05, 3.63) is 60.7 Å². The van der Waals surface area contributed by atoms with Crippen LogP contribution in [0.15, 0.2) is 60.7 Å². The summed E-state index contributed by atoms with van der Waals surface area (Å²) in [5, 5.41) is 27.0. The fourth-order valence-corrected chi connectivity index (χ4v) is 8.75. The molecule has 1 saturated heterocycles. The average Bonchev–Trinajstić information content (AvgIpc) is 3.71. The fraction of sp³-hybridized carbons (Fsp3) is 0.424. The zero-order valence-electron chi connectivity index (χ0n) is 31.8. The van der Waals surface area contributed by atoms with Crippen molar-refractivity contribution in [2.45, 2.75) is 50.9 Å². The molecule has 60 heavy (non-hydrogen) atoms. The van der Waals surface area contributed by atoms with Gasteiger partial charge in [-0.25, -0.2) is 28.6 Å². The largest absolute Gasteiger partial charge is 0.481 e. The van der Waals surface area contributed by atoms with Crippen LogP contribution in [-0.2, 0) is 45.9 Å². The number of nitrogens with two attached hydrogens (primary N) is 1. The Labute approximate surface area is 347 Å². The molecular weight excluding hydrogens is 875 g/mol. The number of phosphoric acid groups is 3.